The van der Waals surface area contributed by atoms with Gasteiger partial charge in [0.25, 0.3) is 0 Å². The zero-order valence-electron chi connectivity index (χ0n) is 20.0. The molecule has 32 heavy (non-hydrogen) atoms. The first-order valence-corrected chi connectivity index (χ1v) is 12.5. The van der Waals surface area contributed by atoms with E-state index in [-0.39, 0.29) is 31.8 Å². The molecular formula is C25H37O6P. The maximum absolute atomic E-state index is 13.3. The van der Waals surface area contributed by atoms with Crippen LogP contribution in [-0.2, 0) is 29.3 Å². The molecule has 0 heterocycles. The van der Waals surface area contributed by atoms with E-state index >= 15 is 0 Å². The van der Waals surface area contributed by atoms with Crippen molar-refractivity contribution in [3.8, 4) is 5.75 Å². The predicted molar refractivity (Wildman–Crippen MR) is 128 cm³/mol. The summed E-state index contributed by atoms with van der Waals surface area (Å²) in [5.41, 5.74) is 4.07. The van der Waals surface area contributed by atoms with Gasteiger partial charge in [-0.3, -0.25) is 9.05 Å². The molecule has 0 unspecified atom stereocenters. The molecule has 0 saturated carbocycles. The van der Waals surface area contributed by atoms with Gasteiger partial charge in [0.05, 0.1) is 19.1 Å². The lowest BCUT2D eigenvalue weighted by Crippen LogP contribution is -2.24. The molecule has 0 bridgehead atoms. The molecular weight excluding hydrogens is 427 g/mol. The molecule has 2 atom stereocenters. The predicted octanol–water partition coefficient (Wildman–Crippen LogP) is 6.94. The van der Waals surface area contributed by atoms with Gasteiger partial charge in [0.15, 0.2) is 6.79 Å². The average molecular weight is 465 g/mol. The molecule has 2 rings (SSSR count). The Bertz CT molecular complexity index is 865. The Morgan fingerprint density at radius 1 is 1.25 bits per heavy atom. The Kier molecular flexibility index (Phi) is 10.2. The van der Waals surface area contributed by atoms with Gasteiger partial charge in [0.1, 0.15) is 11.5 Å². The first kappa shape index (κ1) is 26.4. The molecule has 1 aromatic rings. The summed E-state index contributed by atoms with van der Waals surface area (Å²) < 4.78 is 41.4. The van der Waals surface area contributed by atoms with Crippen LogP contribution in [0.3, 0.4) is 0 Å². The highest BCUT2D eigenvalue weighted by molar-refractivity contribution is 7.48. The Morgan fingerprint density at radius 3 is 2.50 bits per heavy atom. The maximum atomic E-state index is 13.3. The van der Waals surface area contributed by atoms with Crippen LogP contribution in [0.5, 0.6) is 5.75 Å². The molecule has 0 aliphatic heterocycles. The van der Waals surface area contributed by atoms with Crippen molar-refractivity contribution in [1.29, 1.82) is 0 Å². The number of allylic oxidation sites excluding steroid dienone is 4. The normalized spacial score (nSPS) is 19.0. The van der Waals surface area contributed by atoms with Crippen molar-refractivity contribution in [2.24, 2.45) is 5.92 Å². The fourth-order valence-electron chi connectivity index (χ4n) is 4.05. The SMILES string of the molecule is C=CCc1ccc(OCOC)c([C@@H]2C(OP(=O)(OCC)OCC)=C(C)CC[C@H]2C(=C)C)c1. The summed E-state index contributed by atoms with van der Waals surface area (Å²) in [7, 11) is -2.18. The van der Waals surface area contributed by atoms with Crippen molar-refractivity contribution >= 4 is 7.82 Å². The number of benzene rings is 1. The molecule has 1 aliphatic carbocycles. The maximum Gasteiger partial charge on any atom is 0.529 e. The molecule has 7 heteroatoms. The van der Waals surface area contributed by atoms with Crippen molar-refractivity contribution in [3.63, 3.8) is 0 Å². The smallest absolute Gasteiger partial charge is 0.467 e. The van der Waals surface area contributed by atoms with Crippen LogP contribution >= 0.6 is 7.82 Å². The average Bonchev–Trinajstić information content (AvgIpc) is 2.74. The van der Waals surface area contributed by atoms with E-state index in [1.165, 1.54) is 0 Å². The van der Waals surface area contributed by atoms with Crippen molar-refractivity contribution in [3.05, 3.63) is 65.5 Å². The Balaban J connectivity index is 2.66. The summed E-state index contributed by atoms with van der Waals surface area (Å²) in [5.74, 6) is 1.13. The topological polar surface area (TPSA) is 63.2 Å². The molecule has 0 saturated heterocycles. The first-order chi connectivity index (χ1) is 15.3. The molecule has 0 spiro atoms. The summed E-state index contributed by atoms with van der Waals surface area (Å²) in [6, 6.07) is 6.05. The van der Waals surface area contributed by atoms with Gasteiger partial charge in [-0.1, -0.05) is 30.4 Å². The lowest BCUT2D eigenvalue weighted by molar-refractivity contribution is 0.0497. The van der Waals surface area contributed by atoms with Gasteiger partial charge in [-0.25, -0.2) is 4.57 Å². The van der Waals surface area contributed by atoms with E-state index in [1.807, 2.05) is 32.1 Å². The van der Waals surface area contributed by atoms with E-state index in [1.54, 1.807) is 21.0 Å². The quantitative estimate of drug-likeness (QED) is 0.179. The van der Waals surface area contributed by atoms with E-state index in [0.29, 0.717) is 11.5 Å². The Labute approximate surface area is 192 Å². The fraction of sp³-hybridized carbons (Fsp3) is 0.520. The zero-order valence-corrected chi connectivity index (χ0v) is 20.9. The third-order valence-electron chi connectivity index (χ3n) is 5.47. The number of rotatable bonds is 13. The summed E-state index contributed by atoms with van der Waals surface area (Å²) >= 11 is 0. The van der Waals surface area contributed by atoms with E-state index in [9.17, 15) is 4.57 Å². The standard InChI is InChI=1S/C25H37O6P/c1-8-11-20-13-15-23(28-17-27-7)22(16-20)24-21(18(4)5)14-12-19(6)25(24)31-32(26,29-9-2)30-10-3/h8,13,15-16,21,24H,1,4,9-12,14,17H2,2-3,5-7H3/t21-,24+/m0/s1. The van der Waals surface area contributed by atoms with Gasteiger partial charge in [0, 0.05) is 12.7 Å². The summed E-state index contributed by atoms with van der Waals surface area (Å²) in [6.07, 6.45) is 4.30. The van der Waals surface area contributed by atoms with Gasteiger partial charge in [-0.2, -0.15) is 0 Å². The lowest BCUT2D eigenvalue weighted by Gasteiger charge is -2.37. The highest BCUT2D eigenvalue weighted by Gasteiger charge is 2.40. The van der Waals surface area contributed by atoms with Gasteiger partial charge >= 0.3 is 7.82 Å². The molecule has 1 aromatic carbocycles. The summed E-state index contributed by atoms with van der Waals surface area (Å²) in [4.78, 5) is 0. The minimum atomic E-state index is -3.77. The molecule has 0 N–H and O–H groups in total. The van der Waals surface area contributed by atoms with Crippen LogP contribution in [0.15, 0.2) is 54.3 Å². The highest BCUT2D eigenvalue weighted by atomic mass is 31.2. The monoisotopic (exact) mass is 464 g/mol. The van der Waals surface area contributed by atoms with E-state index in [2.05, 4.69) is 19.2 Å². The molecule has 0 radical (unpaired) electrons. The van der Waals surface area contributed by atoms with Crippen molar-refractivity contribution in [1.82, 2.24) is 0 Å². The van der Waals surface area contributed by atoms with Crippen LogP contribution < -0.4 is 4.74 Å². The summed E-state index contributed by atoms with van der Waals surface area (Å²) in [6.45, 7) is 16.2. The van der Waals surface area contributed by atoms with Crippen molar-refractivity contribution in [2.45, 2.75) is 52.9 Å². The van der Waals surface area contributed by atoms with Gasteiger partial charge in [-0.05, 0) is 70.1 Å². The third kappa shape index (κ3) is 6.58. The number of methoxy groups -OCH3 is 1. The molecule has 0 fully saturated rings. The number of hydrogen-bond acceptors (Lipinski definition) is 6. The van der Waals surface area contributed by atoms with Gasteiger partial charge in [0.2, 0.25) is 0 Å². The zero-order chi connectivity index (χ0) is 23.7. The molecule has 178 valence electrons. The van der Waals surface area contributed by atoms with Crippen LogP contribution in [0.1, 0.15) is 57.6 Å². The van der Waals surface area contributed by atoms with Crippen LogP contribution in [0.2, 0.25) is 0 Å². The molecule has 6 nitrogen and oxygen atoms in total. The lowest BCUT2D eigenvalue weighted by atomic mass is 9.72. The minimum absolute atomic E-state index is 0.0780. The molecule has 0 amide bonds. The second-order valence-corrected chi connectivity index (χ2v) is 9.50. The minimum Gasteiger partial charge on any atom is -0.467 e. The Morgan fingerprint density at radius 2 is 1.94 bits per heavy atom. The largest absolute Gasteiger partial charge is 0.529 e. The highest BCUT2D eigenvalue weighted by Crippen LogP contribution is 2.57. The van der Waals surface area contributed by atoms with Crippen LogP contribution in [0, 0.1) is 5.92 Å². The van der Waals surface area contributed by atoms with Crippen LogP contribution in [0.25, 0.3) is 0 Å². The van der Waals surface area contributed by atoms with Crippen LogP contribution in [-0.4, -0.2) is 27.1 Å². The molecule has 1 aliphatic rings. The van der Waals surface area contributed by atoms with Gasteiger partial charge in [-0.15, -0.1) is 6.58 Å². The second kappa shape index (κ2) is 12.4. The summed E-state index contributed by atoms with van der Waals surface area (Å²) in [5, 5.41) is 0. The van der Waals surface area contributed by atoms with Crippen molar-refractivity contribution in [2.75, 3.05) is 27.1 Å². The van der Waals surface area contributed by atoms with Crippen molar-refractivity contribution < 1.29 is 27.6 Å². The number of hydrogen-bond donors (Lipinski definition) is 0. The van der Waals surface area contributed by atoms with E-state index < -0.39 is 7.82 Å². The number of phosphoric ester groups is 1. The molecule has 0 aromatic heterocycles. The number of ether oxygens (including phenoxy) is 2. The first-order valence-electron chi connectivity index (χ1n) is 11.1. The van der Waals surface area contributed by atoms with E-state index in [0.717, 1.165) is 41.5 Å². The van der Waals surface area contributed by atoms with Crippen LogP contribution in [0.4, 0.5) is 0 Å². The number of phosphoric acid groups is 1. The third-order valence-corrected chi connectivity index (χ3v) is 7.04. The van der Waals surface area contributed by atoms with Gasteiger partial charge < -0.3 is 14.0 Å². The fourth-order valence-corrected chi connectivity index (χ4v) is 5.37. The van der Waals surface area contributed by atoms with E-state index in [4.69, 9.17) is 23.0 Å². The Hall–Kier alpha value is -1.85. The second-order valence-electron chi connectivity index (χ2n) is 7.90.